The van der Waals surface area contributed by atoms with Crippen LogP contribution in [0.3, 0.4) is 0 Å². The van der Waals surface area contributed by atoms with E-state index in [1.54, 1.807) is 6.07 Å². The van der Waals surface area contributed by atoms with Crippen molar-refractivity contribution < 1.29 is 45.8 Å². The van der Waals surface area contributed by atoms with Gasteiger partial charge in [-0.1, -0.05) is 6.07 Å². The Morgan fingerprint density at radius 2 is 1.95 bits per heavy atom. The number of nitrogens with two attached hydrogens (primary N) is 1. The van der Waals surface area contributed by atoms with Gasteiger partial charge in [0.2, 0.25) is 5.89 Å². The molecule has 2 amide bonds. The van der Waals surface area contributed by atoms with Gasteiger partial charge in [0.25, 0.3) is 5.91 Å². The lowest BCUT2D eigenvalue weighted by atomic mass is 10.1. The zero-order chi connectivity index (χ0) is 29.0. The predicted molar refractivity (Wildman–Crippen MR) is 128 cm³/mol. The highest BCUT2D eigenvalue weighted by Gasteiger charge is 2.30. The summed E-state index contributed by atoms with van der Waals surface area (Å²) in [7, 11) is 0. The van der Waals surface area contributed by atoms with Gasteiger partial charge < -0.3 is 29.7 Å². The van der Waals surface area contributed by atoms with Crippen LogP contribution in [-0.2, 0) is 4.74 Å². The van der Waals surface area contributed by atoms with Gasteiger partial charge >= 0.3 is 12.7 Å². The van der Waals surface area contributed by atoms with E-state index in [4.69, 9.17) is 19.6 Å². The molecule has 1 aliphatic rings. The molecular formula is C26H22F4N4O6. The number of nitriles is 1. The molecule has 0 spiro atoms. The Labute approximate surface area is 224 Å². The van der Waals surface area contributed by atoms with Crippen LogP contribution in [0.1, 0.15) is 53.7 Å². The first-order chi connectivity index (χ1) is 19.0. The molecule has 2 aromatic carbocycles. The van der Waals surface area contributed by atoms with Gasteiger partial charge in [0.15, 0.2) is 29.1 Å². The number of oxazole rings is 1. The molecule has 1 heterocycles. The van der Waals surface area contributed by atoms with Crippen molar-refractivity contribution in [2.75, 3.05) is 6.61 Å². The quantitative estimate of drug-likeness (QED) is 0.304. The number of ether oxygens (including phenoxy) is 3. The number of hydrogen-bond acceptors (Lipinski definition) is 8. The van der Waals surface area contributed by atoms with Crippen molar-refractivity contribution >= 4 is 12.0 Å². The topological polar surface area (TPSA) is 150 Å². The van der Waals surface area contributed by atoms with Gasteiger partial charge in [-0.05, 0) is 49.9 Å². The summed E-state index contributed by atoms with van der Waals surface area (Å²) in [5.74, 6) is -3.42. The van der Waals surface area contributed by atoms with Crippen LogP contribution in [0.15, 0.2) is 40.8 Å². The second-order valence-electron chi connectivity index (χ2n) is 8.81. The second-order valence-corrected chi connectivity index (χ2v) is 8.81. The minimum absolute atomic E-state index is 0.0202. The number of nitrogens with zero attached hydrogens (tertiary/aromatic N) is 2. The lowest BCUT2D eigenvalue weighted by Crippen LogP contribution is -2.30. The molecule has 4 rings (SSSR count). The molecule has 1 saturated carbocycles. The molecule has 0 aliphatic heterocycles. The summed E-state index contributed by atoms with van der Waals surface area (Å²) < 4.78 is 74.2. The largest absolute Gasteiger partial charge is 0.489 e. The number of alkyl halides is 2. The zero-order valence-electron chi connectivity index (χ0n) is 20.8. The van der Waals surface area contributed by atoms with Gasteiger partial charge in [-0.3, -0.25) is 4.79 Å². The first-order valence-corrected chi connectivity index (χ1v) is 11.9. The minimum atomic E-state index is -3.11. The molecular weight excluding hydrogens is 540 g/mol. The second kappa shape index (κ2) is 11.9. The van der Waals surface area contributed by atoms with Crippen molar-refractivity contribution in [1.82, 2.24) is 10.3 Å². The Bertz CT molecular complexity index is 1450. The van der Waals surface area contributed by atoms with Crippen molar-refractivity contribution in [1.29, 1.82) is 5.26 Å². The fraction of sp³-hybridized carbons (Fsp3) is 0.308. The number of carbonyl (C=O) groups is 2. The van der Waals surface area contributed by atoms with E-state index in [2.05, 4.69) is 15.0 Å². The predicted octanol–water partition coefficient (Wildman–Crippen LogP) is 5.16. The van der Waals surface area contributed by atoms with Gasteiger partial charge in [0.05, 0.1) is 12.7 Å². The van der Waals surface area contributed by atoms with Crippen LogP contribution in [-0.4, -0.2) is 30.2 Å². The number of rotatable bonds is 11. The Kier molecular flexibility index (Phi) is 8.42. The average Bonchev–Trinajstić information content (AvgIpc) is 3.61. The van der Waals surface area contributed by atoms with Crippen molar-refractivity contribution in [3.63, 3.8) is 0 Å². The molecule has 3 aromatic rings. The first kappa shape index (κ1) is 28.2. The third-order valence-electron chi connectivity index (χ3n) is 5.79. The molecule has 1 aliphatic carbocycles. The first-order valence-electron chi connectivity index (χ1n) is 11.9. The van der Waals surface area contributed by atoms with Crippen molar-refractivity contribution in [3.05, 3.63) is 65.1 Å². The lowest BCUT2D eigenvalue weighted by Gasteiger charge is -2.13. The number of hydrogen-bond donors (Lipinski definition) is 2. The molecule has 0 radical (unpaired) electrons. The van der Waals surface area contributed by atoms with Crippen LogP contribution in [0.25, 0.3) is 11.5 Å². The highest BCUT2D eigenvalue weighted by Crippen LogP contribution is 2.37. The summed E-state index contributed by atoms with van der Waals surface area (Å²) in [5.41, 5.74) is 4.52. The Morgan fingerprint density at radius 3 is 2.58 bits per heavy atom. The number of amides is 2. The van der Waals surface area contributed by atoms with Crippen LogP contribution < -0.4 is 20.5 Å². The molecule has 10 nitrogen and oxygen atoms in total. The molecule has 14 heteroatoms. The van der Waals surface area contributed by atoms with E-state index in [-0.39, 0.29) is 46.8 Å². The number of aromatic nitrogens is 1. The zero-order valence-corrected chi connectivity index (χ0v) is 20.8. The normalized spacial score (nSPS) is 14.2. The van der Waals surface area contributed by atoms with Crippen LogP contribution in [0.2, 0.25) is 0 Å². The molecule has 3 N–H and O–H groups in total. The summed E-state index contributed by atoms with van der Waals surface area (Å²) >= 11 is 0. The summed E-state index contributed by atoms with van der Waals surface area (Å²) in [5, 5.41) is 11.8. The molecule has 1 fully saturated rings. The SMILES string of the molecule is C[C@H](OC(N)=O)c1oc(-c2ccc(OC(F)F)c(OCC3CC3)c2)nc1C(=O)NC(C#N)c1ccc(F)cc1F. The fourth-order valence-electron chi connectivity index (χ4n) is 3.68. The van der Waals surface area contributed by atoms with E-state index in [0.717, 1.165) is 25.0 Å². The van der Waals surface area contributed by atoms with E-state index in [9.17, 15) is 32.4 Å². The lowest BCUT2D eigenvalue weighted by molar-refractivity contribution is -0.0515. The van der Waals surface area contributed by atoms with Crippen LogP contribution in [0.4, 0.5) is 22.4 Å². The van der Waals surface area contributed by atoms with E-state index in [1.807, 2.05) is 0 Å². The summed E-state index contributed by atoms with van der Waals surface area (Å²) in [6.07, 6.45) is -0.551. The van der Waals surface area contributed by atoms with E-state index < -0.39 is 48.1 Å². The van der Waals surface area contributed by atoms with Gasteiger partial charge in [-0.15, -0.1) is 0 Å². The van der Waals surface area contributed by atoms with Crippen LogP contribution in [0, 0.1) is 28.9 Å². The van der Waals surface area contributed by atoms with Crippen molar-refractivity contribution in [3.8, 4) is 29.0 Å². The fourth-order valence-corrected chi connectivity index (χ4v) is 3.68. The smallest absolute Gasteiger partial charge is 0.405 e. The number of benzene rings is 2. The summed E-state index contributed by atoms with van der Waals surface area (Å²) in [6.45, 7) is -1.51. The molecule has 40 heavy (non-hydrogen) atoms. The Balaban J connectivity index is 1.69. The van der Waals surface area contributed by atoms with Crippen LogP contribution >= 0.6 is 0 Å². The average molecular weight is 562 g/mol. The molecule has 0 saturated heterocycles. The number of halogens is 4. The number of carbonyl (C=O) groups excluding carboxylic acids is 2. The maximum atomic E-state index is 14.3. The maximum Gasteiger partial charge on any atom is 0.405 e. The minimum Gasteiger partial charge on any atom is -0.489 e. The number of primary amides is 1. The number of nitrogens with one attached hydrogen (secondary N) is 1. The van der Waals surface area contributed by atoms with E-state index >= 15 is 0 Å². The molecule has 2 atom stereocenters. The highest BCUT2D eigenvalue weighted by molar-refractivity contribution is 5.94. The molecule has 1 aromatic heterocycles. The maximum absolute atomic E-state index is 14.3. The molecule has 0 bridgehead atoms. The monoisotopic (exact) mass is 562 g/mol. The van der Waals surface area contributed by atoms with Gasteiger partial charge in [-0.25, -0.2) is 18.6 Å². The van der Waals surface area contributed by atoms with E-state index in [1.165, 1.54) is 25.1 Å². The third-order valence-corrected chi connectivity index (χ3v) is 5.79. The molecule has 210 valence electrons. The third kappa shape index (κ3) is 6.79. The van der Waals surface area contributed by atoms with Gasteiger partial charge in [0.1, 0.15) is 17.7 Å². The van der Waals surface area contributed by atoms with Gasteiger partial charge in [0, 0.05) is 17.2 Å². The summed E-state index contributed by atoms with van der Waals surface area (Å²) in [4.78, 5) is 28.7. The van der Waals surface area contributed by atoms with Crippen molar-refractivity contribution in [2.24, 2.45) is 11.7 Å². The standard InChI is InChI=1S/C26H22F4N4O6/c1-12(38-26(32)36)22-21(23(35)33-18(10-31)16-6-5-15(27)9-17(16)28)34-24(40-22)14-4-7-19(39-25(29)30)20(8-14)37-11-13-2-3-13/h4-9,12-13,18,25H,2-3,11H2,1H3,(H2,32,36)(H,33,35)/t12-,18?/m0/s1. The van der Waals surface area contributed by atoms with Crippen molar-refractivity contribution in [2.45, 2.75) is 38.5 Å². The summed E-state index contributed by atoms with van der Waals surface area (Å²) in [6, 6.07) is 6.48. The Morgan fingerprint density at radius 1 is 1.20 bits per heavy atom. The van der Waals surface area contributed by atoms with Gasteiger partial charge in [-0.2, -0.15) is 14.0 Å². The van der Waals surface area contributed by atoms with Crippen LogP contribution in [0.5, 0.6) is 11.5 Å². The molecule has 1 unspecified atom stereocenters. The Hall–Kier alpha value is -4.80. The highest BCUT2D eigenvalue weighted by atomic mass is 19.3. The van der Waals surface area contributed by atoms with E-state index in [0.29, 0.717) is 6.07 Å².